The summed E-state index contributed by atoms with van der Waals surface area (Å²) in [6.07, 6.45) is -1.59. The molecule has 0 radical (unpaired) electrons. The highest BCUT2D eigenvalue weighted by Crippen LogP contribution is 2.12. The number of esters is 1. The first kappa shape index (κ1) is 11.0. The van der Waals surface area contributed by atoms with Crippen molar-refractivity contribution in [2.45, 2.75) is 12.6 Å². The Morgan fingerprint density at radius 3 is 2.57 bits per heavy atom. The summed E-state index contributed by atoms with van der Waals surface area (Å²) < 4.78 is 17.3. The Hall–Kier alpha value is -1.09. The van der Waals surface area contributed by atoms with E-state index in [0.717, 1.165) is 7.11 Å². The smallest absolute Gasteiger partial charge is 0.340 e. The minimum Gasteiger partial charge on any atom is -0.467 e. The van der Waals surface area contributed by atoms with E-state index in [4.69, 9.17) is 11.6 Å². The number of carbonyl (C=O) groups is 1. The fourth-order valence-corrected chi connectivity index (χ4v) is 1.16. The third-order valence-electron chi connectivity index (χ3n) is 1.79. The van der Waals surface area contributed by atoms with Gasteiger partial charge in [-0.2, -0.15) is 0 Å². The molecule has 76 valence electrons. The molecule has 14 heavy (non-hydrogen) atoms. The summed E-state index contributed by atoms with van der Waals surface area (Å²) in [5.41, 5.74) is 0.715. The van der Waals surface area contributed by atoms with Crippen molar-refractivity contribution in [3.8, 4) is 0 Å². The van der Waals surface area contributed by atoms with Gasteiger partial charge in [0, 0.05) is 11.4 Å². The number of rotatable bonds is 3. The van der Waals surface area contributed by atoms with E-state index in [1.807, 2.05) is 0 Å². The molecule has 0 aliphatic carbocycles. The summed E-state index contributed by atoms with van der Waals surface area (Å²) in [5, 5.41) is 0.585. The van der Waals surface area contributed by atoms with E-state index >= 15 is 0 Å². The number of hydrogen-bond donors (Lipinski definition) is 0. The Bertz CT molecular complexity index is 310. The standard InChI is InChI=1S/C10H10ClFO2/c1-14-10(13)9(12)6-7-2-4-8(11)5-3-7/h2-5,9H,6H2,1H3. The van der Waals surface area contributed by atoms with Crippen LogP contribution in [-0.4, -0.2) is 19.3 Å². The predicted octanol–water partition coefficient (Wildman–Crippen LogP) is 2.39. The molecule has 0 spiro atoms. The molecule has 0 saturated heterocycles. The van der Waals surface area contributed by atoms with Gasteiger partial charge in [-0.25, -0.2) is 9.18 Å². The highest BCUT2D eigenvalue weighted by atomic mass is 35.5. The quantitative estimate of drug-likeness (QED) is 0.726. The maximum atomic E-state index is 13.1. The van der Waals surface area contributed by atoms with E-state index in [1.54, 1.807) is 24.3 Å². The molecule has 0 saturated carbocycles. The molecule has 0 fully saturated rings. The minimum absolute atomic E-state index is 0.0177. The molecule has 0 aliphatic rings. The highest BCUT2D eigenvalue weighted by Gasteiger charge is 2.17. The molecule has 0 aliphatic heterocycles. The maximum Gasteiger partial charge on any atom is 0.340 e. The van der Waals surface area contributed by atoms with Crippen molar-refractivity contribution in [1.82, 2.24) is 0 Å². The molecule has 2 nitrogen and oxygen atoms in total. The van der Waals surface area contributed by atoms with Gasteiger partial charge in [-0.05, 0) is 17.7 Å². The molecule has 1 unspecified atom stereocenters. The van der Waals surface area contributed by atoms with Gasteiger partial charge in [-0.15, -0.1) is 0 Å². The molecule has 0 bridgehead atoms. The van der Waals surface area contributed by atoms with Crippen molar-refractivity contribution >= 4 is 17.6 Å². The fraction of sp³-hybridized carbons (Fsp3) is 0.300. The molecular weight excluding hydrogens is 207 g/mol. The minimum atomic E-state index is -1.61. The molecular formula is C10H10ClFO2. The zero-order valence-electron chi connectivity index (χ0n) is 7.67. The van der Waals surface area contributed by atoms with E-state index in [-0.39, 0.29) is 6.42 Å². The van der Waals surface area contributed by atoms with Crippen molar-refractivity contribution < 1.29 is 13.9 Å². The van der Waals surface area contributed by atoms with E-state index in [1.165, 1.54) is 0 Å². The number of benzene rings is 1. The van der Waals surface area contributed by atoms with Gasteiger partial charge in [0.05, 0.1) is 7.11 Å². The molecule has 0 amide bonds. The van der Waals surface area contributed by atoms with Crippen LogP contribution in [0.15, 0.2) is 24.3 Å². The molecule has 4 heteroatoms. The first-order chi connectivity index (χ1) is 6.63. The Morgan fingerprint density at radius 1 is 1.50 bits per heavy atom. The van der Waals surface area contributed by atoms with Crippen LogP contribution in [0.2, 0.25) is 5.02 Å². The van der Waals surface area contributed by atoms with E-state index in [2.05, 4.69) is 4.74 Å². The van der Waals surface area contributed by atoms with Crippen LogP contribution in [-0.2, 0) is 16.0 Å². The van der Waals surface area contributed by atoms with Crippen LogP contribution in [0, 0.1) is 0 Å². The first-order valence-corrected chi connectivity index (χ1v) is 4.47. The zero-order chi connectivity index (χ0) is 10.6. The monoisotopic (exact) mass is 216 g/mol. The summed E-state index contributed by atoms with van der Waals surface area (Å²) in [6.45, 7) is 0. The van der Waals surface area contributed by atoms with Crippen LogP contribution in [0.4, 0.5) is 4.39 Å². The Morgan fingerprint density at radius 2 is 2.07 bits per heavy atom. The molecule has 1 aromatic rings. The molecule has 1 aromatic carbocycles. The van der Waals surface area contributed by atoms with Gasteiger partial charge >= 0.3 is 5.97 Å². The SMILES string of the molecule is COC(=O)C(F)Cc1ccc(Cl)cc1. The van der Waals surface area contributed by atoms with Gasteiger partial charge in [0.15, 0.2) is 0 Å². The van der Waals surface area contributed by atoms with Crippen LogP contribution in [0.1, 0.15) is 5.56 Å². The number of methoxy groups -OCH3 is 1. The van der Waals surface area contributed by atoms with Gasteiger partial charge in [0.1, 0.15) is 0 Å². The Kier molecular flexibility index (Phi) is 3.89. The number of alkyl halides is 1. The second kappa shape index (κ2) is 4.96. The summed E-state index contributed by atoms with van der Waals surface area (Å²) >= 11 is 5.65. The topological polar surface area (TPSA) is 26.3 Å². The summed E-state index contributed by atoms with van der Waals surface area (Å²) in [5.74, 6) is -0.847. The summed E-state index contributed by atoms with van der Waals surface area (Å²) in [6, 6.07) is 6.66. The fourth-order valence-electron chi connectivity index (χ4n) is 1.04. The second-order valence-electron chi connectivity index (χ2n) is 2.82. The molecule has 0 heterocycles. The van der Waals surface area contributed by atoms with Crippen LogP contribution < -0.4 is 0 Å². The number of hydrogen-bond acceptors (Lipinski definition) is 2. The van der Waals surface area contributed by atoms with Crippen molar-refractivity contribution in [3.05, 3.63) is 34.9 Å². The van der Waals surface area contributed by atoms with Gasteiger partial charge in [0.25, 0.3) is 0 Å². The lowest BCUT2D eigenvalue weighted by molar-refractivity contribution is -0.146. The van der Waals surface area contributed by atoms with Crippen molar-refractivity contribution in [3.63, 3.8) is 0 Å². The highest BCUT2D eigenvalue weighted by molar-refractivity contribution is 6.30. The lowest BCUT2D eigenvalue weighted by Crippen LogP contribution is -2.19. The van der Waals surface area contributed by atoms with E-state index in [0.29, 0.717) is 10.6 Å². The van der Waals surface area contributed by atoms with Crippen molar-refractivity contribution in [2.75, 3.05) is 7.11 Å². The van der Waals surface area contributed by atoms with Crippen molar-refractivity contribution in [1.29, 1.82) is 0 Å². The molecule has 0 N–H and O–H groups in total. The third kappa shape index (κ3) is 3.00. The molecule has 0 aromatic heterocycles. The zero-order valence-corrected chi connectivity index (χ0v) is 8.42. The lowest BCUT2D eigenvalue weighted by Gasteiger charge is -2.05. The van der Waals surface area contributed by atoms with Gasteiger partial charge in [-0.3, -0.25) is 0 Å². The van der Waals surface area contributed by atoms with Crippen LogP contribution in [0.25, 0.3) is 0 Å². The molecule has 1 atom stereocenters. The van der Waals surface area contributed by atoms with Gasteiger partial charge in [-0.1, -0.05) is 23.7 Å². The normalized spacial score (nSPS) is 12.2. The summed E-state index contributed by atoms with van der Waals surface area (Å²) in [7, 11) is 1.16. The van der Waals surface area contributed by atoms with E-state index < -0.39 is 12.1 Å². The molecule has 1 rings (SSSR count). The van der Waals surface area contributed by atoms with Crippen LogP contribution in [0.5, 0.6) is 0 Å². The lowest BCUT2D eigenvalue weighted by atomic mass is 10.1. The van der Waals surface area contributed by atoms with Crippen LogP contribution >= 0.6 is 11.6 Å². The number of ether oxygens (including phenoxy) is 1. The number of halogens is 2. The van der Waals surface area contributed by atoms with Gasteiger partial charge in [0.2, 0.25) is 6.17 Å². The maximum absolute atomic E-state index is 13.1. The Balaban J connectivity index is 2.60. The third-order valence-corrected chi connectivity index (χ3v) is 2.04. The van der Waals surface area contributed by atoms with E-state index in [9.17, 15) is 9.18 Å². The average molecular weight is 217 g/mol. The predicted molar refractivity (Wildman–Crippen MR) is 52.1 cm³/mol. The van der Waals surface area contributed by atoms with Crippen LogP contribution in [0.3, 0.4) is 0 Å². The average Bonchev–Trinajstić information content (AvgIpc) is 2.20. The van der Waals surface area contributed by atoms with Crippen molar-refractivity contribution in [2.24, 2.45) is 0 Å². The number of carbonyl (C=O) groups excluding carboxylic acids is 1. The summed E-state index contributed by atoms with van der Waals surface area (Å²) in [4.78, 5) is 10.8. The Labute approximate surface area is 86.6 Å². The van der Waals surface area contributed by atoms with Gasteiger partial charge < -0.3 is 4.74 Å². The second-order valence-corrected chi connectivity index (χ2v) is 3.26. The largest absolute Gasteiger partial charge is 0.467 e. The first-order valence-electron chi connectivity index (χ1n) is 4.10.